The van der Waals surface area contributed by atoms with Gasteiger partial charge < -0.3 is 5.73 Å². The van der Waals surface area contributed by atoms with E-state index in [0.29, 0.717) is 11.3 Å². The van der Waals surface area contributed by atoms with Gasteiger partial charge in [-0.2, -0.15) is 5.10 Å². The SMILES string of the molecule is Nc1cnn(Cc2ccccc2F)c(=O)c1. The molecule has 4 nitrogen and oxygen atoms in total. The summed E-state index contributed by atoms with van der Waals surface area (Å²) >= 11 is 0. The molecule has 1 aromatic carbocycles. The van der Waals surface area contributed by atoms with E-state index in [1.165, 1.54) is 18.3 Å². The second-order valence-corrected chi connectivity index (χ2v) is 3.38. The Morgan fingerprint density at radius 2 is 2.12 bits per heavy atom. The summed E-state index contributed by atoms with van der Waals surface area (Å²) in [5, 5.41) is 3.83. The minimum absolute atomic E-state index is 0.103. The number of halogens is 1. The smallest absolute Gasteiger partial charge is 0.269 e. The average molecular weight is 219 g/mol. The number of nitrogens with two attached hydrogens (primary N) is 1. The van der Waals surface area contributed by atoms with Crippen LogP contribution in [0.25, 0.3) is 0 Å². The summed E-state index contributed by atoms with van der Waals surface area (Å²) in [4.78, 5) is 11.5. The lowest BCUT2D eigenvalue weighted by Crippen LogP contribution is -2.23. The number of nitrogen functional groups attached to an aromatic ring is 1. The molecule has 2 N–H and O–H groups in total. The fourth-order valence-electron chi connectivity index (χ4n) is 1.35. The number of aromatic nitrogens is 2. The molecule has 2 rings (SSSR count). The van der Waals surface area contributed by atoms with Gasteiger partial charge >= 0.3 is 0 Å². The van der Waals surface area contributed by atoms with Crippen molar-refractivity contribution in [2.24, 2.45) is 0 Å². The van der Waals surface area contributed by atoms with E-state index in [1.54, 1.807) is 18.2 Å². The number of benzene rings is 1. The zero-order valence-corrected chi connectivity index (χ0v) is 8.43. The molecule has 0 radical (unpaired) electrons. The first-order valence-corrected chi connectivity index (χ1v) is 4.73. The summed E-state index contributed by atoms with van der Waals surface area (Å²) in [6.45, 7) is 0.103. The molecule has 1 aromatic heterocycles. The molecule has 0 atom stereocenters. The van der Waals surface area contributed by atoms with Crippen molar-refractivity contribution >= 4 is 5.69 Å². The third kappa shape index (κ3) is 2.08. The summed E-state index contributed by atoms with van der Waals surface area (Å²) < 4.78 is 14.5. The van der Waals surface area contributed by atoms with E-state index < -0.39 is 0 Å². The molecular weight excluding hydrogens is 209 g/mol. The maximum Gasteiger partial charge on any atom is 0.269 e. The zero-order valence-electron chi connectivity index (χ0n) is 8.43. The predicted molar refractivity (Wildman–Crippen MR) is 58.4 cm³/mol. The van der Waals surface area contributed by atoms with Crippen molar-refractivity contribution in [3.8, 4) is 0 Å². The number of hydrogen-bond acceptors (Lipinski definition) is 3. The van der Waals surface area contributed by atoms with E-state index in [0.717, 1.165) is 4.68 Å². The van der Waals surface area contributed by atoms with Crippen LogP contribution in [0.4, 0.5) is 10.1 Å². The van der Waals surface area contributed by atoms with E-state index in [-0.39, 0.29) is 17.9 Å². The lowest BCUT2D eigenvalue weighted by Gasteiger charge is -2.05. The highest BCUT2D eigenvalue weighted by Gasteiger charge is 2.03. The molecule has 0 fully saturated rings. The average Bonchev–Trinajstić information content (AvgIpc) is 2.25. The molecule has 0 bridgehead atoms. The number of nitrogens with zero attached hydrogens (tertiary/aromatic N) is 2. The maximum absolute atomic E-state index is 13.3. The van der Waals surface area contributed by atoms with Gasteiger partial charge in [-0.1, -0.05) is 18.2 Å². The minimum atomic E-state index is -0.354. The Labute approximate surface area is 91.1 Å². The molecular formula is C11H10FN3O. The monoisotopic (exact) mass is 219 g/mol. The van der Waals surface area contributed by atoms with Crippen molar-refractivity contribution in [3.63, 3.8) is 0 Å². The van der Waals surface area contributed by atoms with Crippen LogP contribution in [0.2, 0.25) is 0 Å². The van der Waals surface area contributed by atoms with Crippen molar-refractivity contribution in [2.45, 2.75) is 6.54 Å². The second-order valence-electron chi connectivity index (χ2n) is 3.38. The fourth-order valence-corrected chi connectivity index (χ4v) is 1.35. The van der Waals surface area contributed by atoms with E-state index in [4.69, 9.17) is 5.73 Å². The molecule has 5 heteroatoms. The Balaban J connectivity index is 2.35. The third-order valence-electron chi connectivity index (χ3n) is 2.17. The largest absolute Gasteiger partial charge is 0.397 e. The highest BCUT2D eigenvalue weighted by Crippen LogP contribution is 2.06. The molecule has 82 valence electrons. The Morgan fingerprint density at radius 1 is 1.38 bits per heavy atom. The molecule has 16 heavy (non-hydrogen) atoms. The standard InChI is InChI=1S/C11H10FN3O/c12-10-4-2-1-3-8(10)7-15-11(16)5-9(13)6-14-15/h1-6H,7,13H2. The van der Waals surface area contributed by atoms with Crippen LogP contribution < -0.4 is 11.3 Å². The van der Waals surface area contributed by atoms with Gasteiger partial charge in [0.25, 0.3) is 5.56 Å². The number of rotatable bonds is 2. The van der Waals surface area contributed by atoms with Crippen LogP contribution in [-0.2, 0) is 6.54 Å². The first-order chi connectivity index (χ1) is 7.66. The summed E-state index contributed by atoms with van der Waals surface area (Å²) in [6, 6.07) is 7.52. The Kier molecular flexibility index (Phi) is 2.68. The first kappa shape index (κ1) is 10.4. The molecule has 0 saturated heterocycles. The van der Waals surface area contributed by atoms with Gasteiger partial charge in [0.1, 0.15) is 5.82 Å². The van der Waals surface area contributed by atoms with E-state index >= 15 is 0 Å². The van der Waals surface area contributed by atoms with E-state index in [1.807, 2.05) is 0 Å². The highest BCUT2D eigenvalue weighted by atomic mass is 19.1. The molecule has 0 saturated carbocycles. The van der Waals surface area contributed by atoms with E-state index in [9.17, 15) is 9.18 Å². The van der Waals surface area contributed by atoms with Crippen molar-refractivity contribution in [2.75, 3.05) is 5.73 Å². The van der Waals surface area contributed by atoms with Gasteiger partial charge in [0.05, 0.1) is 18.4 Å². The topological polar surface area (TPSA) is 60.9 Å². The van der Waals surface area contributed by atoms with Crippen LogP contribution in [-0.4, -0.2) is 9.78 Å². The molecule has 1 heterocycles. The molecule has 0 aliphatic carbocycles. The Morgan fingerprint density at radius 3 is 2.81 bits per heavy atom. The summed E-state index contributed by atoms with van der Waals surface area (Å²) in [7, 11) is 0. The molecule has 0 aliphatic heterocycles. The lowest BCUT2D eigenvalue weighted by atomic mass is 10.2. The van der Waals surface area contributed by atoms with Crippen LogP contribution >= 0.6 is 0 Å². The van der Waals surface area contributed by atoms with Gasteiger partial charge in [-0.15, -0.1) is 0 Å². The van der Waals surface area contributed by atoms with Crippen molar-refractivity contribution in [1.82, 2.24) is 9.78 Å². The molecule has 2 aromatic rings. The molecule has 0 aliphatic rings. The van der Waals surface area contributed by atoms with Crippen LogP contribution in [0.3, 0.4) is 0 Å². The van der Waals surface area contributed by atoms with Crippen molar-refractivity contribution < 1.29 is 4.39 Å². The van der Waals surface area contributed by atoms with Crippen molar-refractivity contribution in [1.29, 1.82) is 0 Å². The van der Waals surface area contributed by atoms with Crippen molar-refractivity contribution in [3.05, 3.63) is 58.3 Å². The van der Waals surface area contributed by atoms with Crippen LogP contribution in [0.15, 0.2) is 41.3 Å². The summed E-state index contributed by atoms with van der Waals surface area (Å²) in [5.41, 5.74) is 5.78. The normalized spacial score (nSPS) is 10.3. The van der Waals surface area contributed by atoms with Gasteiger partial charge in [-0.25, -0.2) is 9.07 Å². The minimum Gasteiger partial charge on any atom is -0.397 e. The number of hydrogen-bond donors (Lipinski definition) is 1. The van der Waals surface area contributed by atoms with Crippen LogP contribution in [0, 0.1) is 5.82 Å². The molecule has 0 spiro atoms. The third-order valence-corrected chi connectivity index (χ3v) is 2.17. The quantitative estimate of drug-likeness (QED) is 0.820. The van der Waals surface area contributed by atoms with Gasteiger partial charge in [0, 0.05) is 11.6 Å². The van der Waals surface area contributed by atoms with Crippen LogP contribution in [0.5, 0.6) is 0 Å². The highest BCUT2D eigenvalue weighted by molar-refractivity contribution is 5.31. The second kappa shape index (κ2) is 4.14. The van der Waals surface area contributed by atoms with Gasteiger partial charge in [-0.3, -0.25) is 4.79 Å². The fraction of sp³-hybridized carbons (Fsp3) is 0.0909. The maximum atomic E-state index is 13.3. The lowest BCUT2D eigenvalue weighted by molar-refractivity contribution is 0.572. The molecule has 0 amide bonds. The Hall–Kier alpha value is -2.17. The summed E-state index contributed by atoms with van der Waals surface area (Å²) in [5.74, 6) is -0.354. The summed E-state index contributed by atoms with van der Waals surface area (Å²) in [6.07, 6.45) is 1.36. The number of anilines is 1. The predicted octanol–water partition coefficient (Wildman–Crippen LogP) is 1.01. The van der Waals surface area contributed by atoms with Gasteiger partial charge in [0.2, 0.25) is 0 Å². The van der Waals surface area contributed by atoms with Gasteiger partial charge in [0.15, 0.2) is 0 Å². The van der Waals surface area contributed by atoms with Crippen LogP contribution in [0.1, 0.15) is 5.56 Å². The Bertz CT molecular complexity index is 565. The van der Waals surface area contributed by atoms with Gasteiger partial charge in [-0.05, 0) is 6.07 Å². The molecule has 0 unspecified atom stereocenters. The van der Waals surface area contributed by atoms with E-state index in [2.05, 4.69) is 5.10 Å². The zero-order chi connectivity index (χ0) is 11.5. The first-order valence-electron chi connectivity index (χ1n) is 4.73.